The van der Waals surface area contributed by atoms with Gasteiger partial charge < -0.3 is 4.52 Å². The summed E-state index contributed by atoms with van der Waals surface area (Å²) in [5.41, 5.74) is 4.79. The molecule has 0 aliphatic heterocycles. The highest BCUT2D eigenvalue weighted by Gasteiger charge is 2.25. The second kappa shape index (κ2) is 8.51. The highest BCUT2D eigenvalue weighted by Crippen LogP contribution is 2.33. The van der Waals surface area contributed by atoms with Gasteiger partial charge in [0.15, 0.2) is 15.8 Å². The van der Waals surface area contributed by atoms with Crippen LogP contribution in [0.25, 0.3) is 33.2 Å². The number of sulfonamides is 1. The summed E-state index contributed by atoms with van der Waals surface area (Å²) in [7, 11) is -3.98. The van der Waals surface area contributed by atoms with E-state index in [1.165, 1.54) is 6.92 Å². The van der Waals surface area contributed by atoms with Crippen LogP contribution in [0.1, 0.15) is 11.5 Å². The molecule has 0 saturated heterocycles. The number of halogens is 1. The lowest BCUT2D eigenvalue weighted by Crippen LogP contribution is -2.15. The molecule has 0 radical (unpaired) electrons. The third-order valence-corrected chi connectivity index (χ3v) is 7.30. The van der Waals surface area contributed by atoms with E-state index in [-0.39, 0.29) is 27.2 Å². The van der Waals surface area contributed by atoms with Gasteiger partial charge in [0.05, 0.1) is 11.2 Å². The highest BCUT2D eigenvalue weighted by molar-refractivity contribution is 7.92. The molecule has 0 bridgehead atoms. The summed E-state index contributed by atoms with van der Waals surface area (Å²) < 4.78 is 33.5. The minimum atomic E-state index is -3.98. The molecule has 8 nitrogen and oxygen atoms in total. The maximum absolute atomic E-state index is 13.0. The van der Waals surface area contributed by atoms with E-state index in [9.17, 15) is 8.42 Å². The van der Waals surface area contributed by atoms with E-state index in [1.54, 1.807) is 37.8 Å². The monoisotopic (exact) mass is 491 g/mol. The van der Waals surface area contributed by atoms with Gasteiger partial charge in [-0.05, 0) is 66.9 Å². The van der Waals surface area contributed by atoms with Crippen LogP contribution in [0.5, 0.6) is 0 Å². The topological polar surface area (TPSA) is 111 Å². The van der Waals surface area contributed by atoms with Crippen molar-refractivity contribution >= 4 is 38.2 Å². The number of aromatic nitrogens is 4. The second-order valence-corrected chi connectivity index (χ2v) is 9.62. The summed E-state index contributed by atoms with van der Waals surface area (Å²) in [4.78, 5) is 12.7. The van der Waals surface area contributed by atoms with Crippen LogP contribution in [0, 0.1) is 13.8 Å². The molecule has 10 heteroatoms. The molecular formula is C24H18ClN5O3S. The first kappa shape index (κ1) is 22.0. The number of rotatable bonds is 5. The van der Waals surface area contributed by atoms with Crippen LogP contribution < -0.4 is 4.72 Å². The SMILES string of the molecule is Cc1noc(C)c1S(=O)(=O)Nc1cc(-c2ccc3nccc(-c4ccncc4)c3c2)cnc1Cl. The Balaban J connectivity index is 1.58. The van der Waals surface area contributed by atoms with Crippen LogP contribution in [-0.4, -0.2) is 28.5 Å². The average molecular weight is 492 g/mol. The fourth-order valence-electron chi connectivity index (χ4n) is 3.84. The van der Waals surface area contributed by atoms with E-state index in [2.05, 4.69) is 24.8 Å². The molecule has 0 atom stereocenters. The molecule has 4 heterocycles. The van der Waals surface area contributed by atoms with Crippen molar-refractivity contribution < 1.29 is 12.9 Å². The molecule has 170 valence electrons. The fraction of sp³-hybridized carbons (Fsp3) is 0.0833. The standard InChI is InChI=1S/C24H18ClN5O3S/c1-14-23(15(2)33-29-14)34(31,32)30-22-12-18(13-28-24(22)25)17-3-4-21-20(11-17)19(7-10-27-21)16-5-8-26-9-6-16/h3-13,30H,1-2H3. The molecule has 4 aromatic heterocycles. The first-order valence-corrected chi connectivity index (χ1v) is 12.1. The number of benzene rings is 1. The number of anilines is 1. The Morgan fingerprint density at radius 1 is 0.912 bits per heavy atom. The molecule has 0 aliphatic carbocycles. The Bertz CT molecular complexity index is 1620. The molecule has 0 fully saturated rings. The van der Waals surface area contributed by atoms with Crippen LogP contribution in [0.2, 0.25) is 5.15 Å². The van der Waals surface area contributed by atoms with E-state index >= 15 is 0 Å². The van der Waals surface area contributed by atoms with Gasteiger partial charge in [0.25, 0.3) is 10.0 Å². The largest absolute Gasteiger partial charge is 0.360 e. The molecular weight excluding hydrogens is 474 g/mol. The van der Waals surface area contributed by atoms with E-state index in [0.717, 1.165) is 27.6 Å². The first-order chi connectivity index (χ1) is 16.3. The van der Waals surface area contributed by atoms with Gasteiger partial charge in [0.2, 0.25) is 0 Å². The van der Waals surface area contributed by atoms with Crippen molar-refractivity contribution in [3.05, 3.63) is 83.9 Å². The minimum absolute atomic E-state index is 0.0206. The molecule has 1 N–H and O–H groups in total. The van der Waals surface area contributed by atoms with Crippen molar-refractivity contribution in [2.24, 2.45) is 0 Å². The number of hydrogen-bond donors (Lipinski definition) is 1. The lowest BCUT2D eigenvalue weighted by molar-refractivity contribution is 0.390. The van der Waals surface area contributed by atoms with Crippen LogP contribution in [0.15, 0.2) is 76.7 Å². The van der Waals surface area contributed by atoms with Crippen LogP contribution in [0.4, 0.5) is 5.69 Å². The third-order valence-electron chi connectivity index (χ3n) is 5.39. The van der Waals surface area contributed by atoms with Crippen LogP contribution in [0.3, 0.4) is 0 Å². The average Bonchev–Trinajstić information content (AvgIpc) is 3.19. The Hall–Kier alpha value is -3.82. The second-order valence-electron chi connectivity index (χ2n) is 7.65. The van der Waals surface area contributed by atoms with Crippen molar-refractivity contribution in [2.75, 3.05) is 4.72 Å². The van der Waals surface area contributed by atoms with Crippen LogP contribution >= 0.6 is 11.6 Å². The maximum atomic E-state index is 13.0. The number of nitrogens with zero attached hydrogens (tertiary/aromatic N) is 4. The zero-order chi connectivity index (χ0) is 23.9. The van der Waals surface area contributed by atoms with E-state index in [0.29, 0.717) is 5.56 Å². The Kier molecular flexibility index (Phi) is 5.51. The van der Waals surface area contributed by atoms with Gasteiger partial charge in [-0.15, -0.1) is 0 Å². The lowest BCUT2D eigenvalue weighted by Gasteiger charge is -2.12. The molecule has 0 unspecified atom stereocenters. The maximum Gasteiger partial charge on any atom is 0.267 e. The predicted octanol–water partition coefficient (Wildman–Crippen LogP) is 5.42. The fourth-order valence-corrected chi connectivity index (χ4v) is 5.44. The van der Waals surface area contributed by atoms with E-state index in [4.69, 9.17) is 16.1 Å². The van der Waals surface area contributed by atoms with E-state index in [1.807, 2.05) is 36.4 Å². The summed E-state index contributed by atoms with van der Waals surface area (Å²) in [6, 6.07) is 13.3. The number of fused-ring (bicyclic) bond motifs is 1. The number of pyridine rings is 3. The van der Waals surface area contributed by atoms with Crippen molar-refractivity contribution in [3.63, 3.8) is 0 Å². The zero-order valence-corrected chi connectivity index (χ0v) is 19.7. The number of hydrogen-bond acceptors (Lipinski definition) is 7. The zero-order valence-electron chi connectivity index (χ0n) is 18.2. The third kappa shape index (κ3) is 4.00. The molecule has 0 amide bonds. The predicted molar refractivity (Wildman–Crippen MR) is 130 cm³/mol. The van der Waals surface area contributed by atoms with Crippen molar-refractivity contribution in [3.8, 4) is 22.3 Å². The van der Waals surface area contributed by atoms with Gasteiger partial charge in [0.1, 0.15) is 5.69 Å². The number of aryl methyl sites for hydroxylation is 2. The summed E-state index contributed by atoms with van der Waals surface area (Å²) in [6.45, 7) is 3.10. The van der Waals surface area contributed by atoms with Gasteiger partial charge >= 0.3 is 0 Å². The van der Waals surface area contributed by atoms with Gasteiger partial charge in [0, 0.05) is 35.7 Å². The number of nitrogens with one attached hydrogen (secondary N) is 1. The Morgan fingerprint density at radius 2 is 1.71 bits per heavy atom. The molecule has 34 heavy (non-hydrogen) atoms. The molecule has 0 spiro atoms. The van der Waals surface area contributed by atoms with Crippen molar-refractivity contribution in [2.45, 2.75) is 18.7 Å². The van der Waals surface area contributed by atoms with Gasteiger partial charge in [-0.2, -0.15) is 0 Å². The summed E-state index contributed by atoms with van der Waals surface area (Å²) in [5.74, 6) is 0.191. The minimum Gasteiger partial charge on any atom is -0.360 e. The molecule has 0 saturated carbocycles. The van der Waals surface area contributed by atoms with Crippen molar-refractivity contribution in [1.82, 2.24) is 20.1 Å². The summed E-state index contributed by atoms with van der Waals surface area (Å²) in [5, 5.41) is 4.69. The highest BCUT2D eigenvalue weighted by atomic mass is 35.5. The Labute approximate surface area is 200 Å². The molecule has 5 rings (SSSR count). The van der Waals surface area contributed by atoms with E-state index < -0.39 is 10.0 Å². The summed E-state index contributed by atoms with van der Waals surface area (Å²) in [6.07, 6.45) is 6.85. The van der Waals surface area contributed by atoms with Gasteiger partial charge in [-0.1, -0.05) is 22.8 Å². The normalized spacial score (nSPS) is 11.6. The van der Waals surface area contributed by atoms with Crippen molar-refractivity contribution in [1.29, 1.82) is 0 Å². The van der Waals surface area contributed by atoms with Gasteiger partial charge in [-0.3, -0.25) is 14.7 Å². The molecule has 5 aromatic rings. The quantitative estimate of drug-likeness (QED) is 0.327. The lowest BCUT2D eigenvalue weighted by atomic mass is 9.98. The molecule has 0 aliphatic rings. The first-order valence-electron chi connectivity index (χ1n) is 10.2. The molecule has 1 aromatic carbocycles. The summed E-state index contributed by atoms with van der Waals surface area (Å²) >= 11 is 6.24. The van der Waals surface area contributed by atoms with Crippen LogP contribution in [-0.2, 0) is 10.0 Å². The smallest absolute Gasteiger partial charge is 0.267 e. The van der Waals surface area contributed by atoms with Gasteiger partial charge in [-0.25, -0.2) is 13.4 Å². The Morgan fingerprint density at radius 3 is 2.44 bits per heavy atom.